The third-order valence-corrected chi connectivity index (χ3v) is 3.73. The molecule has 0 radical (unpaired) electrons. The third-order valence-electron chi connectivity index (χ3n) is 3.73. The summed E-state index contributed by atoms with van der Waals surface area (Å²) in [7, 11) is 4.60. The molecule has 1 heterocycles. The van der Waals surface area contributed by atoms with Gasteiger partial charge in [-0.05, 0) is 14.0 Å². The Bertz CT molecular complexity index is 334. The maximum atomic E-state index is 2.43. The Morgan fingerprint density at radius 1 is 1.12 bits per heavy atom. The summed E-state index contributed by atoms with van der Waals surface area (Å²) in [5.74, 6) is 0. The summed E-state index contributed by atoms with van der Waals surface area (Å²) in [6, 6.07) is 8.99. The lowest BCUT2D eigenvalue weighted by molar-refractivity contribution is -0.926. The van der Waals surface area contributed by atoms with Crippen molar-refractivity contribution in [2.45, 2.75) is 13.5 Å². The predicted molar refractivity (Wildman–Crippen MR) is 68.3 cm³/mol. The molecule has 1 aromatic rings. The van der Waals surface area contributed by atoms with Crippen molar-refractivity contribution in [2.24, 2.45) is 0 Å². The lowest BCUT2D eigenvalue weighted by atomic mass is 10.1. The van der Waals surface area contributed by atoms with Crippen LogP contribution in [0.5, 0.6) is 0 Å². The van der Waals surface area contributed by atoms with Gasteiger partial charge in [-0.1, -0.05) is 29.8 Å². The molecular formula is C14H23N2+. The van der Waals surface area contributed by atoms with Crippen LogP contribution in [0, 0.1) is 6.92 Å². The van der Waals surface area contributed by atoms with E-state index in [4.69, 9.17) is 0 Å². The average molecular weight is 219 g/mol. The number of rotatable bonds is 2. The van der Waals surface area contributed by atoms with Crippen molar-refractivity contribution in [1.29, 1.82) is 0 Å². The van der Waals surface area contributed by atoms with Crippen LogP contribution in [0.4, 0.5) is 0 Å². The van der Waals surface area contributed by atoms with Crippen LogP contribution in [0.2, 0.25) is 0 Å². The largest absolute Gasteiger partial charge is 0.320 e. The molecule has 1 aliphatic heterocycles. The van der Waals surface area contributed by atoms with Crippen molar-refractivity contribution < 1.29 is 4.48 Å². The summed E-state index contributed by atoms with van der Waals surface area (Å²) in [5.41, 5.74) is 2.82. The molecule has 0 aromatic heterocycles. The van der Waals surface area contributed by atoms with E-state index in [2.05, 4.69) is 50.2 Å². The molecule has 16 heavy (non-hydrogen) atoms. The van der Waals surface area contributed by atoms with Gasteiger partial charge in [-0.2, -0.15) is 0 Å². The maximum Gasteiger partial charge on any atom is 0.104 e. The normalized spacial score (nSPS) is 20.9. The molecule has 0 atom stereocenters. The van der Waals surface area contributed by atoms with E-state index in [0.717, 1.165) is 0 Å². The molecule has 1 aromatic carbocycles. The van der Waals surface area contributed by atoms with Gasteiger partial charge in [0.25, 0.3) is 0 Å². The minimum Gasteiger partial charge on any atom is -0.320 e. The van der Waals surface area contributed by atoms with Crippen LogP contribution in [0.15, 0.2) is 24.3 Å². The van der Waals surface area contributed by atoms with Gasteiger partial charge in [-0.25, -0.2) is 0 Å². The zero-order valence-electron chi connectivity index (χ0n) is 10.7. The Balaban J connectivity index is 2.00. The second kappa shape index (κ2) is 4.56. The Morgan fingerprint density at radius 3 is 2.25 bits per heavy atom. The van der Waals surface area contributed by atoms with Gasteiger partial charge >= 0.3 is 0 Å². The van der Waals surface area contributed by atoms with Gasteiger partial charge in [0.15, 0.2) is 0 Å². The van der Waals surface area contributed by atoms with E-state index < -0.39 is 0 Å². The fourth-order valence-corrected chi connectivity index (χ4v) is 2.34. The van der Waals surface area contributed by atoms with Crippen molar-refractivity contribution in [3.05, 3.63) is 35.4 Å². The molecule has 0 spiro atoms. The van der Waals surface area contributed by atoms with Crippen LogP contribution < -0.4 is 0 Å². The van der Waals surface area contributed by atoms with Gasteiger partial charge < -0.3 is 4.48 Å². The molecule has 88 valence electrons. The predicted octanol–water partition coefficient (Wildman–Crippen LogP) is 1.89. The Labute approximate surface area is 99.1 Å². The van der Waals surface area contributed by atoms with E-state index >= 15 is 0 Å². The first-order valence-corrected chi connectivity index (χ1v) is 6.15. The maximum absolute atomic E-state index is 2.43. The highest BCUT2D eigenvalue weighted by Crippen LogP contribution is 2.15. The number of likely N-dealkylation sites (N-methyl/N-ethyl adjacent to an activating group) is 2. The highest BCUT2D eigenvalue weighted by Gasteiger charge is 2.26. The van der Waals surface area contributed by atoms with E-state index in [-0.39, 0.29) is 0 Å². The highest BCUT2D eigenvalue weighted by molar-refractivity contribution is 5.20. The third kappa shape index (κ3) is 2.83. The van der Waals surface area contributed by atoms with Crippen LogP contribution >= 0.6 is 0 Å². The first kappa shape index (κ1) is 11.6. The van der Waals surface area contributed by atoms with Gasteiger partial charge in [0.1, 0.15) is 6.54 Å². The summed E-state index contributed by atoms with van der Waals surface area (Å²) in [4.78, 5) is 2.43. The highest BCUT2D eigenvalue weighted by atomic mass is 15.4. The summed E-state index contributed by atoms with van der Waals surface area (Å²) < 4.78 is 1.19. The van der Waals surface area contributed by atoms with Crippen molar-refractivity contribution in [2.75, 3.05) is 40.3 Å². The quantitative estimate of drug-likeness (QED) is 0.687. The molecule has 0 unspecified atom stereocenters. The molecule has 0 amide bonds. The summed E-state index contributed by atoms with van der Waals surface area (Å²) >= 11 is 0. The minimum absolute atomic E-state index is 1.17. The molecule has 1 saturated heterocycles. The van der Waals surface area contributed by atoms with Crippen LogP contribution in [-0.2, 0) is 6.54 Å². The van der Waals surface area contributed by atoms with Gasteiger partial charge in [-0.15, -0.1) is 0 Å². The van der Waals surface area contributed by atoms with Crippen molar-refractivity contribution in [1.82, 2.24) is 4.90 Å². The number of piperazine rings is 1. The molecule has 0 bridgehead atoms. The number of benzene rings is 1. The summed E-state index contributed by atoms with van der Waals surface area (Å²) in [6.45, 7) is 8.31. The van der Waals surface area contributed by atoms with E-state index in [1.54, 1.807) is 0 Å². The monoisotopic (exact) mass is 219 g/mol. The van der Waals surface area contributed by atoms with Gasteiger partial charge in [-0.3, -0.25) is 4.90 Å². The number of aryl methyl sites for hydroxylation is 1. The van der Waals surface area contributed by atoms with E-state index in [0.29, 0.717) is 0 Å². The first-order valence-electron chi connectivity index (χ1n) is 6.15. The Kier molecular flexibility index (Phi) is 3.31. The molecule has 1 aliphatic rings. The van der Waals surface area contributed by atoms with E-state index in [9.17, 15) is 0 Å². The second-order valence-electron chi connectivity index (χ2n) is 5.51. The zero-order chi connectivity index (χ0) is 11.6. The molecule has 0 saturated carbocycles. The van der Waals surface area contributed by atoms with Crippen molar-refractivity contribution in [3.8, 4) is 0 Å². The molecule has 2 rings (SSSR count). The van der Waals surface area contributed by atoms with Crippen molar-refractivity contribution >= 4 is 0 Å². The van der Waals surface area contributed by atoms with Crippen LogP contribution in [0.3, 0.4) is 0 Å². The number of quaternary nitrogens is 1. The van der Waals surface area contributed by atoms with Crippen LogP contribution in [0.25, 0.3) is 0 Å². The molecule has 1 fully saturated rings. The van der Waals surface area contributed by atoms with E-state index in [1.807, 2.05) is 0 Å². The number of hydrogen-bond acceptors (Lipinski definition) is 1. The smallest absolute Gasteiger partial charge is 0.104 e. The molecule has 0 aliphatic carbocycles. The number of nitrogens with zero attached hydrogens (tertiary/aromatic N) is 2. The Hall–Kier alpha value is -0.860. The van der Waals surface area contributed by atoms with E-state index in [1.165, 1.54) is 48.3 Å². The SMILES string of the molecule is Cc1ccc(C[N+]2(C)CCN(C)CC2)cc1. The average Bonchev–Trinajstić information content (AvgIpc) is 2.27. The molecule has 0 N–H and O–H groups in total. The molecular weight excluding hydrogens is 196 g/mol. The standard InChI is InChI=1S/C14H23N2/c1-13-4-6-14(7-5-13)12-16(3)10-8-15(2)9-11-16/h4-7H,8-12H2,1-3H3/q+1. The second-order valence-corrected chi connectivity index (χ2v) is 5.51. The molecule has 2 nitrogen and oxygen atoms in total. The fourth-order valence-electron chi connectivity index (χ4n) is 2.34. The summed E-state index contributed by atoms with van der Waals surface area (Å²) in [5, 5.41) is 0. The lowest BCUT2D eigenvalue weighted by Gasteiger charge is -2.41. The summed E-state index contributed by atoms with van der Waals surface area (Å²) in [6.07, 6.45) is 0. The Morgan fingerprint density at radius 2 is 1.69 bits per heavy atom. The van der Waals surface area contributed by atoms with Crippen molar-refractivity contribution in [3.63, 3.8) is 0 Å². The zero-order valence-corrected chi connectivity index (χ0v) is 10.7. The van der Waals surface area contributed by atoms with Crippen LogP contribution in [0.1, 0.15) is 11.1 Å². The minimum atomic E-state index is 1.17. The topological polar surface area (TPSA) is 3.24 Å². The van der Waals surface area contributed by atoms with Gasteiger partial charge in [0, 0.05) is 18.7 Å². The number of hydrogen-bond donors (Lipinski definition) is 0. The fraction of sp³-hybridized carbons (Fsp3) is 0.571. The van der Waals surface area contributed by atoms with Crippen LogP contribution in [-0.4, -0.2) is 49.7 Å². The van der Waals surface area contributed by atoms with Gasteiger partial charge in [0.05, 0.1) is 20.1 Å². The molecule has 2 heteroatoms. The van der Waals surface area contributed by atoms with Gasteiger partial charge in [0.2, 0.25) is 0 Å². The lowest BCUT2D eigenvalue weighted by Crippen LogP contribution is -2.55. The first-order chi connectivity index (χ1) is 7.57.